The first-order valence-corrected chi connectivity index (χ1v) is 7.65. The number of nitrogens with zero attached hydrogens (tertiary/aromatic N) is 2. The quantitative estimate of drug-likeness (QED) is 0.884. The van der Waals surface area contributed by atoms with E-state index < -0.39 is 24.8 Å². The average Bonchev–Trinajstić information content (AvgIpc) is 3.11. The molecule has 0 saturated carbocycles. The monoisotopic (exact) mass is 365 g/mol. The number of halogens is 3. The third-order valence-electron chi connectivity index (χ3n) is 3.46. The maximum atomic E-state index is 12.2. The Morgan fingerprint density at radius 3 is 2.65 bits per heavy atom. The van der Waals surface area contributed by atoms with Crippen molar-refractivity contribution in [1.29, 1.82) is 0 Å². The van der Waals surface area contributed by atoms with Crippen molar-refractivity contribution in [3.8, 4) is 5.88 Å². The Balaban J connectivity index is 1.53. The number of nitrogens with one attached hydrogen (secondary N) is 1. The van der Waals surface area contributed by atoms with Gasteiger partial charge in [-0.3, -0.25) is 4.79 Å². The standard InChI is InChI=1S/C17H14F3N3O3/c18-17(19,20)10-25-15-7-6-12(9-21-15)22-16(24)14-8-13(23-26-14)11-4-2-1-3-5-11/h1-7,9,14H,8,10H2,(H,22,24). The molecule has 136 valence electrons. The SMILES string of the molecule is O=C(Nc1ccc(OCC(F)(F)F)nc1)C1CC(c2ccccc2)=NO1. The third kappa shape index (κ3) is 4.71. The van der Waals surface area contributed by atoms with E-state index in [1.807, 2.05) is 30.3 Å². The van der Waals surface area contributed by atoms with Crippen LogP contribution in [0.4, 0.5) is 18.9 Å². The summed E-state index contributed by atoms with van der Waals surface area (Å²) in [6.45, 7) is -1.43. The molecule has 1 aromatic heterocycles. The predicted octanol–water partition coefficient (Wildman–Crippen LogP) is 3.15. The Labute approximate surface area is 146 Å². The van der Waals surface area contributed by atoms with Gasteiger partial charge in [-0.05, 0) is 11.6 Å². The van der Waals surface area contributed by atoms with Crippen LogP contribution in [0, 0.1) is 0 Å². The van der Waals surface area contributed by atoms with Crippen LogP contribution in [-0.4, -0.2) is 35.5 Å². The molecule has 0 aliphatic carbocycles. The number of pyridine rings is 1. The molecule has 1 aliphatic rings. The van der Waals surface area contributed by atoms with Gasteiger partial charge < -0.3 is 14.9 Å². The van der Waals surface area contributed by atoms with E-state index in [1.165, 1.54) is 18.3 Å². The smallest absolute Gasteiger partial charge is 0.422 e. The van der Waals surface area contributed by atoms with Crippen molar-refractivity contribution in [2.45, 2.75) is 18.7 Å². The van der Waals surface area contributed by atoms with Crippen LogP contribution >= 0.6 is 0 Å². The summed E-state index contributed by atoms with van der Waals surface area (Å²) in [5, 5.41) is 6.50. The summed E-state index contributed by atoms with van der Waals surface area (Å²) in [5.41, 5.74) is 1.85. The van der Waals surface area contributed by atoms with Crippen molar-refractivity contribution in [2.75, 3.05) is 11.9 Å². The van der Waals surface area contributed by atoms with Crippen molar-refractivity contribution >= 4 is 17.3 Å². The van der Waals surface area contributed by atoms with Gasteiger partial charge in [-0.25, -0.2) is 4.98 Å². The van der Waals surface area contributed by atoms with Crippen LogP contribution in [0.25, 0.3) is 0 Å². The second-order valence-electron chi connectivity index (χ2n) is 5.48. The van der Waals surface area contributed by atoms with Gasteiger partial charge in [0.15, 0.2) is 6.61 Å². The molecule has 0 spiro atoms. The van der Waals surface area contributed by atoms with E-state index in [4.69, 9.17) is 4.84 Å². The molecule has 0 fully saturated rings. The van der Waals surface area contributed by atoms with Crippen LogP contribution in [0.15, 0.2) is 53.8 Å². The zero-order valence-electron chi connectivity index (χ0n) is 13.4. The normalized spacial score (nSPS) is 16.6. The van der Waals surface area contributed by atoms with E-state index in [0.29, 0.717) is 17.8 Å². The van der Waals surface area contributed by atoms with E-state index in [2.05, 4.69) is 20.2 Å². The molecule has 3 rings (SSSR count). The van der Waals surface area contributed by atoms with Gasteiger partial charge in [-0.1, -0.05) is 35.5 Å². The fraction of sp³-hybridized carbons (Fsp3) is 0.235. The Kier molecular flexibility index (Phi) is 5.06. The second kappa shape index (κ2) is 7.42. The summed E-state index contributed by atoms with van der Waals surface area (Å²) in [5.74, 6) is -0.613. The molecular formula is C17H14F3N3O3. The number of carbonyl (C=O) groups is 1. The lowest BCUT2D eigenvalue weighted by Crippen LogP contribution is -2.28. The Morgan fingerprint density at radius 1 is 1.23 bits per heavy atom. The molecule has 0 saturated heterocycles. The van der Waals surface area contributed by atoms with Crippen LogP contribution in [0.1, 0.15) is 12.0 Å². The fourth-order valence-corrected chi connectivity index (χ4v) is 2.24. The van der Waals surface area contributed by atoms with Gasteiger partial charge >= 0.3 is 6.18 Å². The predicted molar refractivity (Wildman–Crippen MR) is 86.9 cm³/mol. The minimum Gasteiger partial charge on any atom is -0.468 e. The molecule has 1 unspecified atom stereocenters. The molecule has 1 amide bonds. The summed E-state index contributed by atoms with van der Waals surface area (Å²) in [6.07, 6.45) is -3.70. The summed E-state index contributed by atoms with van der Waals surface area (Å²) < 4.78 is 40.8. The lowest BCUT2D eigenvalue weighted by Gasteiger charge is -2.11. The number of rotatable bonds is 5. The Bertz CT molecular complexity index is 792. The van der Waals surface area contributed by atoms with Crippen molar-refractivity contribution in [3.63, 3.8) is 0 Å². The average molecular weight is 365 g/mol. The Hall–Kier alpha value is -3.10. The zero-order valence-corrected chi connectivity index (χ0v) is 13.4. The number of carbonyl (C=O) groups excluding carboxylic acids is 1. The molecule has 9 heteroatoms. The van der Waals surface area contributed by atoms with Gasteiger partial charge in [0.2, 0.25) is 12.0 Å². The molecule has 1 N–H and O–H groups in total. The first-order chi connectivity index (χ1) is 12.4. The van der Waals surface area contributed by atoms with Crippen LogP contribution in [0.5, 0.6) is 5.88 Å². The number of amides is 1. The van der Waals surface area contributed by atoms with Crippen LogP contribution in [0.3, 0.4) is 0 Å². The molecule has 2 aromatic rings. The Morgan fingerprint density at radius 2 is 2.00 bits per heavy atom. The molecule has 1 aliphatic heterocycles. The summed E-state index contributed by atoms with van der Waals surface area (Å²) >= 11 is 0. The summed E-state index contributed by atoms with van der Waals surface area (Å²) in [6, 6.07) is 12.0. The molecular weight excluding hydrogens is 351 g/mol. The van der Waals surface area contributed by atoms with E-state index in [-0.39, 0.29) is 5.88 Å². The van der Waals surface area contributed by atoms with Gasteiger partial charge in [0, 0.05) is 12.5 Å². The van der Waals surface area contributed by atoms with Gasteiger partial charge in [-0.15, -0.1) is 0 Å². The van der Waals surface area contributed by atoms with Crippen molar-refractivity contribution in [3.05, 3.63) is 54.2 Å². The molecule has 0 bridgehead atoms. The van der Waals surface area contributed by atoms with Gasteiger partial charge in [-0.2, -0.15) is 13.2 Å². The molecule has 6 nitrogen and oxygen atoms in total. The lowest BCUT2D eigenvalue weighted by molar-refractivity contribution is -0.154. The summed E-state index contributed by atoms with van der Waals surface area (Å²) in [7, 11) is 0. The number of aromatic nitrogens is 1. The lowest BCUT2D eigenvalue weighted by atomic mass is 10.0. The minimum atomic E-state index is -4.44. The topological polar surface area (TPSA) is 72.8 Å². The highest BCUT2D eigenvalue weighted by Crippen LogP contribution is 2.20. The first-order valence-electron chi connectivity index (χ1n) is 7.65. The number of hydrogen-bond donors (Lipinski definition) is 1. The molecule has 0 radical (unpaired) electrons. The number of ether oxygens (including phenoxy) is 1. The van der Waals surface area contributed by atoms with Crippen molar-refractivity contribution < 1.29 is 27.5 Å². The van der Waals surface area contributed by atoms with E-state index >= 15 is 0 Å². The highest BCUT2D eigenvalue weighted by Gasteiger charge is 2.30. The number of alkyl halides is 3. The van der Waals surface area contributed by atoms with Gasteiger partial charge in [0.1, 0.15) is 0 Å². The van der Waals surface area contributed by atoms with Crippen LogP contribution in [-0.2, 0) is 9.63 Å². The van der Waals surface area contributed by atoms with Crippen molar-refractivity contribution in [1.82, 2.24) is 4.98 Å². The number of benzene rings is 1. The second-order valence-corrected chi connectivity index (χ2v) is 5.48. The number of oxime groups is 1. The number of hydrogen-bond acceptors (Lipinski definition) is 5. The first kappa shape index (κ1) is 17.7. The van der Waals surface area contributed by atoms with Crippen molar-refractivity contribution in [2.24, 2.45) is 5.16 Å². The summed E-state index contributed by atoms with van der Waals surface area (Å²) in [4.78, 5) is 21.1. The molecule has 1 atom stereocenters. The van der Waals surface area contributed by atoms with E-state index in [0.717, 1.165) is 5.56 Å². The third-order valence-corrected chi connectivity index (χ3v) is 3.46. The zero-order chi connectivity index (χ0) is 18.6. The molecule has 2 heterocycles. The van der Waals surface area contributed by atoms with Gasteiger partial charge in [0.05, 0.1) is 17.6 Å². The molecule has 1 aromatic carbocycles. The molecule has 26 heavy (non-hydrogen) atoms. The van der Waals surface area contributed by atoms with Crippen LogP contribution < -0.4 is 10.1 Å². The van der Waals surface area contributed by atoms with E-state index in [9.17, 15) is 18.0 Å². The largest absolute Gasteiger partial charge is 0.468 e. The maximum Gasteiger partial charge on any atom is 0.422 e. The highest BCUT2D eigenvalue weighted by atomic mass is 19.4. The number of anilines is 1. The van der Waals surface area contributed by atoms with Gasteiger partial charge in [0.25, 0.3) is 5.91 Å². The fourth-order valence-electron chi connectivity index (χ4n) is 2.24. The maximum absolute atomic E-state index is 12.2. The highest BCUT2D eigenvalue weighted by molar-refractivity contribution is 6.06. The van der Waals surface area contributed by atoms with Crippen LogP contribution in [0.2, 0.25) is 0 Å². The minimum absolute atomic E-state index is 0.188. The van der Waals surface area contributed by atoms with E-state index in [1.54, 1.807) is 0 Å².